The number of ether oxygens (including phenoxy) is 3. The molecule has 0 aromatic carbocycles. The molecule has 0 spiro atoms. The second-order valence-electron chi connectivity index (χ2n) is 5.96. The van der Waals surface area contributed by atoms with Crippen molar-refractivity contribution in [3.05, 3.63) is 32.6 Å². The van der Waals surface area contributed by atoms with Gasteiger partial charge < -0.3 is 24.4 Å². The number of H-pyrrole nitrogens is 1. The maximum absolute atomic E-state index is 12.1. The predicted octanol–water partition coefficient (Wildman–Crippen LogP) is -1.10. The molecule has 2 heterocycles. The van der Waals surface area contributed by atoms with E-state index in [4.69, 9.17) is 14.2 Å². The topological polar surface area (TPSA) is 123 Å². The van der Waals surface area contributed by atoms with Gasteiger partial charge in [0.2, 0.25) is 0 Å². The van der Waals surface area contributed by atoms with E-state index in [0.29, 0.717) is 5.56 Å². The maximum Gasteiger partial charge on any atom is 0.330 e. The van der Waals surface area contributed by atoms with Gasteiger partial charge in [0.15, 0.2) is 6.23 Å². The van der Waals surface area contributed by atoms with Crippen molar-refractivity contribution in [2.75, 3.05) is 13.7 Å². The zero-order valence-electron chi connectivity index (χ0n) is 14.1. The Hall–Kier alpha value is -1.52. The van der Waals surface area contributed by atoms with Crippen LogP contribution < -0.4 is 11.2 Å². The average molecular weight is 344 g/mol. The molecule has 1 aliphatic rings. The predicted molar refractivity (Wildman–Crippen MR) is 83.9 cm³/mol. The summed E-state index contributed by atoms with van der Waals surface area (Å²) in [6, 6.07) is 0. The first-order valence-corrected chi connectivity index (χ1v) is 7.74. The standard InChI is InChI=1S/C15H24N2O7/c1-7-5-17(15(21)16-13(7)20)14-12(11(19)10(6-18)24-14)23-9(3)8(2)22-4/h5,8-12,14,18-19H,6H2,1-4H3,(H,16,20,21)/t8-,9+,10+,11?,12-,14+/m0/s1. The monoisotopic (exact) mass is 344 g/mol. The van der Waals surface area contributed by atoms with Crippen LogP contribution in [0, 0.1) is 6.92 Å². The van der Waals surface area contributed by atoms with E-state index in [1.165, 1.54) is 13.3 Å². The smallest absolute Gasteiger partial charge is 0.330 e. The highest BCUT2D eigenvalue weighted by Crippen LogP contribution is 2.32. The number of nitrogens with zero attached hydrogens (tertiary/aromatic N) is 1. The first-order chi connectivity index (χ1) is 11.3. The Bertz CT molecular complexity index is 671. The Morgan fingerprint density at radius 2 is 2.04 bits per heavy atom. The molecule has 9 heteroatoms. The number of aliphatic hydroxyl groups is 2. The van der Waals surface area contributed by atoms with Gasteiger partial charge in [-0.2, -0.15) is 0 Å². The van der Waals surface area contributed by atoms with Crippen molar-refractivity contribution in [3.8, 4) is 0 Å². The maximum atomic E-state index is 12.1. The van der Waals surface area contributed by atoms with Gasteiger partial charge in [0, 0.05) is 18.9 Å². The molecule has 3 N–H and O–H groups in total. The molecule has 1 aliphatic heterocycles. The van der Waals surface area contributed by atoms with Gasteiger partial charge in [0.05, 0.1) is 18.8 Å². The van der Waals surface area contributed by atoms with Gasteiger partial charge in [-0.25, -0.2) is 4.79 Å². The molecular formula is C15H24N2O7. The second kappa shape index (κ2) is 7.58. The number of methoxy groups -OCH3 is 1. The molecule has 0 amide bonds. The normalized spacial score (nSPS) is 29.6. The molecular weight excluding hydrogens is 320 g/mol. The fourth-order valence-corrected chi connectivity index (χ4v) is 2.57. The molecule has 6 atom stereocenters. The Balaban J connectivity index is 2.36. The van der Waals surface area contributed by atoms with Crippen LogP contribution in [0.5, 0.6) is 0 Å². The highest BCUT2D eigenvalue weighted by Gasteiger charge is 2.46. The molecule has 1 saturated heterocycles. The molecule has 0 aliphatic carbocycles. The van der Waals surface area contributed by atoms with Gasteiger partial charge in [0.25, 0.3) is 5.56 Å². The van der Waals surface area contributed by atoms with Crippen LogP contribution in [0.3, 0.4) is 0 Å². The van der Waals surface area contributed by atoms with E-state index < -0.39 is 48.5 Å². The van der Waals surface area contributed by atoms with Crippen LogP contribution in [0.2, 0.25) is 0 Å². The fourth-order valence-electron chi connectivity index (χ4n) is 2.57. The number of nitrogens with one attached hydrogen (secondary N) is 1. The van der Waals surface area contributed by atoms with Crippen LogP contribution in [0.15, 0.2) is 15.8 Å². The Morgan fingerprint density at radius 3 is 2.62 bits per heavy atom. The lowest BCUT2D eigenvalue weighted by Crippen LogP contribution is -2.43. The summed E-state index contributed by atoms with van der Waals surface area (Å²) >= 11 is 0. The highest BCUT2D eigenvalue weighted by molar-refractivity contribution is 5.03. The van der Waals surface area contributed by atoms with E-state index in [0.717, 1.165) is 4.57 Å². The molecule has 9 nitrogen and oxygen atoms in total. The van der Waals surface area contributed by atoms with Crippen LogP contribution in [0.4, 0.5) is 0 Å². The second-order valence-corrected chi connectivity index (χ2v) is 5.96. The molecule has 1 unspecified atom stereocenters. The summed E-state index contributed by atoms with van der Waals surface area (Å²) in [6.45, 7) is 4.70. The number of hydrogen-bond acceptors (Lipinski definition) is 7. The van der Waals surface area contributed by atoms with Crippen LogP contribution in [0.25, 0.3) is 0 Å². The number of aliphatic hydroxyl groups excluding tert-OH is 2. The van der Waals surface area contributed by atoms with Crippen LogP contribution >= 0.6 is 0 Å². The van der Waals surface area contributed by atoms with Gasteiger partial charge in [-0.15, -0.1) is 0 Å². The summed E-state index contributed by atoms with van der Waals surface area (Å²) in [7, 11) is 1.54. The third-order valence-corrected chi connectivity index (χ3v) is 4.32. The lowest BCUT2D eigenvalue weighted by Gasteiger charge is -2.28. The van der Waals surface area contributed by atoms with E-state index in [1.54, 1.807) is 13.8 Å². The van der Waals surface area contributed by atoms with Crippen molar-refractivity contribution >= 4 is 0 Å². The zero-order chi connectivity index (χ0) is 18.0. The van der Waals surface area contributed by atoms with Gasteiger partial charge in [-0.1, -0.05) is 0 Å². The van der Waals surface area contributed by atoms with Crippen molar-refractivity contribution in [2.45, 2.75) is 57.5 Å². The quantitative estimate of drug-likeness (QED) is 0.599. The molecule has 0 radical (unpaired) electrons. The van der Waals surface area contributed by atoms with Gasteiger partial charge in [-0.05, 0) is 20.8 Å². The molecule has 1 fully saturated rings. The lowest BCUT2D eigenvalue weighted by atomic mass is 10.1. The largest absolute Gasteiger partial charge is 0.394 e. The van der Waals surface area contributed by atoms with E-state index in [2.05, 4.69) is 4.98 Å². The average Bonchev–Trinajstić information content (AvgIpc) is 2.86. The Labute approximate surface area is 138 Å². The molecule has 0 saturated carbocycles. The molecule has 2 rings (SSSR count). The molecule has 1 aromatic rings. The number of aryl methyl sites for hydroxylation is 1. The molecule has 0 bridgehead atoms. The summed E-state index contributed by atoms with van der Waals surface area (Å²) in [5.74, 6) is 0. The minimum Gasteiger partial charge on any atom is -0.394 e. The highest BCUT2D eigenvalue weighted by atomic mass is 16.6. The van der Waals surface area contributed by atoms with Gasteiger partial charge in [0.1, 0.15) is 18.3 Å². The van der Waals surface area contributed by atoms with Crippen LogP contribution in [-0.4, -0.2) is 64.0 Å². The Morgan fingerprint density at radius 1 is 1.38 bits per heavy atom. The third kappa shape index (κ3) is 3.60. The first-order valence-electron chi connectivity index (χ1n) is 7.74. The van der Waals surface area contributed by atoms with Gasteiger partial charge in [-0.3, -0.25) is 14.3 Å². The lowest BCUT2D eigenvalue weighted by molar-refractivity contribution is -0.130. The molecule has 1 aromatic heterocycles. The van der Waals surface area contributed by atoms with Gasteiger partial charge >= 0.3 is 5.69 Å². The number of aromatic amines is 1. The number of hydrogen-bond donors (Lipinski definition) is 3. The zero-order valence-corrected chi connectivity index (χ0v) is 14.1. The van der Waals surface area contributed by atoms with Crippen molar-refractivity contribution in [3.63, 3.8) is 0 Å². The van der Waals surface area contributed by atoms with E-state index in [1.807, 2.05) is 6.92 Å². The van der Waals surface area contributed by atoms with Crippen molar-refractivity contribution in [1.29, 1.82) is 0 Å². The first kappa shape index (κ1) is 18.8. The third-order valence-electron chi connectivity index (χ3n) is 4.32. The van der Waals surface area contributed by atoms with Crippen LogP contribution in [-0.2, 0) is 14.2 Å². The number of rotatable bonds is 6. The summed E-state index contributed by atoms with van der Waals surface area (Å²) in [5, 5.41) is 19.7. The van der Waals surface area contributed by atoms with E-state index in [9.17, 15) is 19.8 Å². The minimum absolute atomic E-state index is 0.250. The Kier molecular flexibility index (Phi) is 5.94. The van der Waals surface area contributed by atoms with Crippen molar-refractivity contribution < 1.29 is 24.4 Å². The molecule has 136 valence electrons. The van der Waals surface area contributed by atoms with E-state index in [-0.39, 0.29) is 6.10 Å². The fraction of sp³-hybridized carbons (Fsp3) is 0.733. The SMILES string of the molecule is CO[C@@H](C)[C@@H](C)O[C@H]1C(O)[C@@H](CO)O[C@H]1n1cc(C)c(=O)[nH]c1=O. The molecule has 24 heavy (non-hydrogen) atoms. The number of aromatic nitrogens is 2. The van der Waals surface area contributed by atoms with Crippen molar-refractivity contribution in [2.24, 2.45) is 0 Å². The van der Waals surface area contributed by atoms with Crippen LogP contribution in [0.1, 0.15) is 25.6 Å². The summed E-state index contributed by atoms with van der Waals surface area (Å²) in [6.07, 6.45) is -3.21. The van der Waals surface area contributed by atoms with E-state index >= 15 is 0 Å². The summed E-state index contributed by atoms with van der Waals surface area (Å²) in [4.78, 5) is 25.8. The van der Waals surface area contributed by atoms with Crippen molar-refractivity contribution in [1.82, 2.24) is 9.55 Å². The summed E-state index contributed by atoms with van der Waals surface area (Å²) < 4.78 is 17.8. The summed E-state index contributed by atoms with van der Waals surface area (Å²) in [5.41, 5.74) is -0.855. The minimum atomic E-state index is -1.13.